The quantitative estimate of drug-likeness (QED) is 0.925. The van der Waals surface area contributed by atoms with Crippen LogP contribution in [0.3, 0.4) is 0 Å². The van der Waals surface area contributed by atoms with Crippen molar-refractivity contribution in [2.75, 3.05) is 13.7 Å². The molecule has 5 heteroatoms. The first kappa shape index (κ1) is 16.3. The molecular formula is C19H21FN2O2. The average Bonchev–Trinajstić information content (AvgIpc) is 3.10. The highest BCUT2D eigenvalue weighted by atomic mass is 19.1. The first-order chi connectivity index (χ1) is 11.7. The number of ether oxygens (including phenoxy) is 1. The molecule has 0 aromatic heterocycles. The Kier molecular flexibility index (Phi) is 4.99. The van der Waals surface area contributed by atoms with Crippen LogP contribution in [0.25, 0.3) is 0 Å². The second kappa shape index (κ2) is 7.34. The predicted molar refractivity (Wildman–Crippen MR) is 90.3 cm³/mol. The number of rotatable bonds is 4. The molecule has 0 spiro atoms. The van der Waals surface area contributed by atoms with Crippen molar-refractivity contribution >= 4 is 6.03 Å². The lowest BCUT2D eigenvalue weighted by Crippen LogP contribution is -2.39. The van der Waals surface area contributed by atoms with Crippen molar-refractivity contribution in [2.24, 2.45) is 0 Å². The molecule has 0 aliphatic carbocycles. The van der Waals surface area contributed by atoms with Crippen molar-refractivity contribution in [3.63, 3.8) is 0 Å². The van der Waals surface area contributed by atoms with E-state index in [1.54, 1.807) is 18.1 Å². The molecule has 2 amide bonds. The van der Waals surface area contributed by atoms with Crippen molar-refractivity contribution in [1.82, 2.24) is 10.2 Å². The van der Waals surface area contributed by atoms with E-state index < -0.39 is 0 Å². The molecule has 24 heavy (non-hydrogen) atoms. The first-order valence-electron chi connectivity index (χ1n) is 8.10. The second-order valence-corrected chi connectivity index (χ2v) is 5.92. The fraction of sp³-hybridized carbons (Fsp3) is 0.316. The summed E-state index contributed by atoms with van der Waals surface area (Å²) in [6.07, 6.45) is 1.78. The van der Waals surface area contributed by atoms with E-state index in [1.807, 2.05) is 30.3 Å². The van der Waals surface area contributed by atoms with Gasteiger partial charge in [-0.1, -0.05) is 24.3 Å². The molecule has 1 saturated heterocycles. The number of nitrogens with zero attached hydrogens (tertiary/aromatic N) is 1. The maximum atomic E-state index is 13.5. The van der Waals surface area contributed by atoms with Gasteiger partial charge in [-0.25, -0.2) is 9.18 Å². The number of benzene rings is 2. The van der Waals surface area contributed by atoms with Crippen molar-refractivity contribution in [2.45, 2.75) is 25.4 Å². The van der Waals surface area contributed by atoms with E-state index in [-0.39, 0.29) is 17.9 Å². The monoisotopic (exact) mass is 328 g/mol. The molecule has 4 nitrogen and oxygen atoms in total. The maximum Gasteiger partial charge on any atom is 0.318 e. The van der Waals surface area contributed by atoms with Gasteiger partial charge >= 0.3 is 6.03 Å². The summed E-state index contributed by atoms with van der Waals surface area (Å²) >= 11 is 0. The van der Waals surface area contributed by atoms with Gasteiger partial charge < -0.3 is 15.0 Å². The van der Waals surface area contributed by atoms with Crippen LogP contribution in [0.5, 0.6) is 5.75 Å². The van der Waals surface area contributed by atoms with Crippen LogP contribution in [0.2, 0.25) is 0 Å². The van der Waals surface area contributed by atoms with Gasteiger partial charge in [-0.15, -0.1) is 0 Å². The number of hydrogen-bond acceptors (Lipinski definition) is 2. The summed E-state index contributed by atoms with van der Waals surface area (Å²) in [5.74, 6) is 0.497. The molecule has 126 valence electrons. The first-order valence-corrected chi connectivity index (χ1v) is 8.10. The fourth-order valence-corrected chi connectivity index (χ4v) is 3.13. The smallest absolute Gasteiger partial charge is 0.318 e. The maximum absolute atomic E-state index is 13.5. The summed E-state index contributed by atoms with van der Waals surface area (Å²) < 4.78 is 18.6. The molecule has 1 N–H and O–H groups in total. The Morgan fingerprint density at radius 3 is 2.92 bits per heavy atom. The Balaban J connectivity index is 1.65. The number of methoxy groups -OCH3 is 1. The van der Waals surface area contributed by atoms with E-state index in [0.717, 1.165) is 29.7 Å². The van der Waals surface area contributed by atoms with E-state index in [4.69, 9.17) is 4.74 Å². The molecule has 2 aromatic carbocycles. The van der Waals surface area contributed by atoms with Crippen molar-refractivity contribution in [3.8, 4) is 5.75 Å². The van der Waals surface area contributed by atoms with E-state index in [1.165, 1.54) is 12.1 Å². The number of urea groups is 1. The van der Waals surface area contributed by atoms with Gasteiger partial charge in [-0.05, 0) is 48.2 Å². The highest BCUT2D eigenvalue weighted by molar-refractivity contribution is 5.75. The van der Waals surface area contributed by atoms with Crippen molar-refractivity contribution in [1.29, 1.82) is 0 Å². The van der Waals surface area contributed by atoms with Gasteiger partial charge in [0.1, 0.15) is 11.6 Å². The Bertz CT molecular complexity index is 720. The normalized spacial score (nSPS) is 16.9. The second-order valence-electron chi connectivity index (χ2n) is 5.92. The minimum Gasteiger partial charge on any atom is -0.497 e. The van der Waals surface area contributed by atoms with Crippen LogP contribution < -0.4 is 10.1 Å². The van der Waals surface area contributed by atoms with Crippen LogP contribution in [0, 0.1) is 5.82 Å². The van der Waals surface area contributed by atoms with Gasteiger partial charge in [0.25, 0.3) is 0 Å². The van der Waals surface area contributed by atoms with Crippen LogP contribution in [0.4, 0.5) is 9.18 Å². The molecule has 2 aromatic rings. The molecule has 1 unspecified atom stereocenters. The van der Waals surface area contributed by atoms with Gasteiger partial charge in [0.05, 0.1) is 13.2 Å². The summed E-state index contributed by atoms with van der Waals surface area (Å²) in [5.41, 5.74) is 1.83. The molecule has 1 aliphatic heterocycles. The van der Waals surface area contributed by atoms with Gasteiger partial charge in [-0.2, -0.15) is 0 Å². The summed E-state index contributed by atoms with van der Waals surface area (Å²) in [7, 11) is 1.62. The minimum absolute atomic E-state index is 0.0639. The van der Waals surface area contributed by atoms with Crippen LogP contribution in [0.1, 0.15) is 30.0 Å². The van der Waals surface area contributed by atoms with Crippen LogP contribution >= 0.6 is 0 Å². The Morgan fingerprint density at radius 2 is 2.12 bits per heavy atom. The summed E-state index contributed by atoms with van der Waals surface area (Å²) in [6.45, 7) is 1.12. The molecule has 0 saturated carbocycles. The third-order valence-corrected chi connectivity index (χ3v) is 4.32. The molecule has 3 rings (SSSR count). The fourth-order valence-electron chi connectivity index (χ4n) is 3.13. The lowest BCUT2D eigenvalue weighted by Gasteiger charge is -2.25. The zero-order valence-corrected chi connectivity index (χ0v) is 13.7. The third-order valence-electron chi connectivity index (χ3n) is 4.32. The predicted octanol–water partition coefficient (Wildman–Crippen LogP) is 3.88. The Hall–Kier alpha value is -2.56. The molecular weight excluding hydrogens is 307 g/mol. The summed E-state index contributed by atoms with van der Waals surface area (Å²) in [6, 6.07) is 13.9. The lowest BCUT2D eigenvalue weighted by molar-refractivity contribution is 0.192. The van der Waals surface area contributed by atoms with Gasteiger partial charge in [0.2, 0.25) is 0 Å². The van der Waals surface area contributed by atoms with E-state index in [0.29, 0.717) is 13.1 Å². The molecule has 0 bridgehead atoms. The molecule has 1 aliphatic rings. The summed E-state index contributed by atoms with van der Waals surface area (Å²) in [4.78, 5) is 14.3. The number of amides is 2. The van der Waals surface area contributed by atoms with Crippen molar-refractivity contribution in [3.05, 3.63) is 65.5 Å². The van der Waals surface area contributed by atoms with Gasteiger partial charge in [0.15, 0.2) is 0 Å². The van der Waals surface area contributed by atoms with Crippen molar-refractivity contribution < 1.29 is 13.9 Å². The number of carbonyl (C=O) groups is 1. The summed E-state index contributed by atoms with van der Waals surface area (Å²) in [5, 5.41) is 2.94. The van der Waals surface area contributed by atoms with Gasteiger partial charge in [-0.3, -0.25) is 0 Å². The highest BCUT2D eigenvalue weighted by Gasteiger charge is 2.29. The minimum atomic E-state index is -0.267. The zero-order valence-electron chi connectivity index (χ0n) is 13.7. The topological polar surface area (TPSA) is 41.6 Å². The third kappa shape index (κ3) is 3.67. The molecule has 1 fully saturated rings. The molecule has 1 heterocycles. The van der Waals surface area contributed by atoms with Gasteiger partial charge in [0, 0.05) is 13.1 Å². The number of halogens is 1. The number of likely N-dealkylation sites (tertiary alicyclic amines) is 1. The standard InChI is InChI=1S/C19H21FN2O2/c1-24-17-8-2-5-14(11-17)13-21-19(23)22-10-4-9-18(22)15-6-3-7-16(20)12-15/h2-3,5-8,11-12,18H,4,9-10,13H2,1H3,(H,21,23). The largest absolute Gasteiger partial charge is 0.497 e. The number of hydrogen-bond donors (Lipinski definition) is 1. The SMILES string of the molecule is COc1cccc(CNC(=O)N2CCCC2c2cccc(F)c2)c1. The molecule has 1 atom stereocenters. The van der Waals surface area contributed by atoms with Crippen LogP contribution in [-0.4, -0.2) is 24.6 Å². The van der Waals surface area contributed by atoms with E-state index in [9.17, 15) is 9.18 Å². The van der Waals surface area contributed by atoms with E-state index in [2.05, 4.69) is 5.32 Å². The van der Waals surface area contributed by atoms with Crippen LogP contribution in [-0.2, 0) is 6.54 Å². The van der Waals surface area contributed by atoms with E-state index >= 15 is 0 Å². The highest BCUT2D eigenvalue weighted by Crippen LogP contribution is 2.32. The average molecular weight is 328 g/mol. The zero-order chi connectivity index (χ0) is 16.9. The Labute approximate surface area is 141 Å². The molecule has 0 radical (unpaired) electrons. The number of nitrogens with one attached hydrogen (secondary N) is 1. The number of carbonyl (C=O) groups excluding carboxylic acids is 1. The lowest BCUT2D eigenvalue weighted by atomic mass is 10.0. The van der Waals surface area contributed by atoms with Crippen LogP contribution in [0.15, 0.2) is 48.5 Å². The Morgan fingerprint density at radius 1 is 1.29 bits per heavy atom.